The molecule has 0 aliphatic heterocycles. The van der Waals surface area contributed by atoms with Crippen molar-refractivity contribution in [2.45, 2.75) is 18.9 Å². The summed E-state index contributed by atoms with van der Waals surface area (Å²) in [5.41, 5.74) is 4.59. The molecule has 3 nitrogen and oxygen atoms in total. The molecule has 0 bridgehead atoms. The summed E-state index contributed by atoms with van der Waals surface area (Å²) in [5, 5.41) is 0.544. The van der Waals surface area contributed by atoms with Gasteiger partial charge in [-0.25, -0.2) is 4.39 Å². The molecule has 112 valence electrons. The van der Waals surface area contributed by atoms with Gasteiger partial charge in [-0.15, -0.1) is 0 Å². The van der Waals surface area contributed by atoms with Crippen LogP contribution in [0, 0.1) is 5.82 Å². The third-order valence-corrected chi connectivity index (χ3v) is 3.69. The Morgan fingerprint density at radius 1 is 1.24 bits per heavy atom. The summed E-state index contributed by atoms with van der Waals surface area (Å²) in [6.45, 7) is 0. The number of methoxy groups -OCH3 is 1. The molecule has 1 atom stereocenters. The van der Waals surface area contributed by atoms with Crippen LogP contribution in [0.2, 0.25) is 5.02 Å². The van der Waals surface area contributed by atoms with Crippen molar-refractivity contribution < 1.29 is 9.13 Å². The van der Waals surface area contributed by atoms with Crippen LogP contribution in [0.25, 0.3) is 0 Å². The highest BCUT2D eigenvalue weighted by Crippen LogP contribution is 2.20. The Balaban J connectivity index is 2.10. The van der Waals surface area contributed by atoms with Gasteiger partial charge in [0, 0.05) is 11.1 Å². The highest BCUT2D eigenvalue weighted by molar-refractivity contribution is 6.31. The Morgan fingerprint density at radius 3 is 2.76 bits per heavy atom. The summed E-state index contributed by atoms with van der Waals surface area (Å²) < 4.78 is 18.5. The number of hydrazine groups is 1. The van der Waals surface area contributed by atoms with Crippen LogP contribution in [-0.4, -0.2) is 13.2 Å². The van der Waals surface area contributed by atoms with Crippen LogP contribution in [0.3, 0.4) is 0 Å². The predicted octanol–water partition coefficient (Wildman–Crippen LogP) is 3.10. The fourth-order valence-corrected chi connectivity index (χ4v) is 2.43. The molecule has 21 heavy (non-hydrogen) atoms. The molecule has 2 aromatic carbocycles. The summed E-state index contributed by atoms with van der Waals surface area (Å²) in [6, 6.07) is 12.1. The van der Waals surface area contributed by atoms with E-state index in [9.17, 15) is 4.39 Å². The van der Waals surface area contributed by atoms with Gasteiger partial charge in [-0.2, -0.15) is 0 Å². The van der Waals surface area contributed by atoms with E-state index in [-0.39, 0.29) is 11.9 Å². The van der Waals surface area contributed by atoms with E-state index in [0.717, 1.165) is 16.9 Å². The summed E-state index contributed by atoms with van der Waals surface area (Å²) in [5.74, 6) is 6.11. The minimum absolute atomic E-state index is 0.0450. The van der Waals surface area contributed by atoms with Gasteiger partial charge in [0.15, 0.2) is 0 Å². The number of benzene rings is 2. The first-order valence-corrected chi connectivity index (χ1v) is 7.03. The molecular formula is C16H18ClFN2O. The molecule has 3 N–H and O–H groups in total. The number of nitrogens with one attached hydrogen (secondary N) is 1. The van der Waals surface area contributed by atoms with Gasteiger partial charge >= 0.3 is 0 Å². The zero-order valence-electron chi connectivity index (χ0n) is 11.8. The van der Waals surface area contributed by atoms with Crippen molar-refractivity contribution in [3.8, 4) is 5.75 Å². The van der Waals surface area contributed by atoms with Crippen molar-refractivity contribution in [1.82, 2.24) is 5.43 Å². The molecule has 0 amide bonds. The quantitative estimate of drug-likeness (QED) is 0.637. The summed E-state index contributed by atoms with van der Waals surface area (Å²) >= 11 is 6.09. The average Bonchev–Trinajstić information content (AvgIpc) is 2.50. The maximum atomic E-state index is 13.3. The first-order chi connectivity index (χ1) is 10.1. The van der Waals surface area contributed by atoms with Gasteiger partial charge in [0.05, 0.1) is 7.11 Å². The van der Waals surface area contributed by atoms with Crippen LogP contribution in [0.15, 0.2) is 42.5 Å². The third-order valence-electron chi connectivity index (χ3n) is 3.33. The van der Waals surface area contributed by atoms with Crippen molar-refractivity contribution in [3.05, 3.63) is 64.4 Å². The molecule has 1 unspecified atom stereocenters. The lowest BCUT2D eigenvalue weighted by Crippen LogP contribution is -2.38. The van der Waals surface area contributed by atoms with E-state index in [2.05, 4.69) is 5.43 Å². The van der Waals surface area contributed by atoms with Gasteiger partial charge < -0.3 is 4.74 Å². The molecule has 0 aliphatic carbocycles. The number of ether oxygens (including phenoxy) is 1. The van der Waals surface area contributed by atoms with E-state index in [1.165, 1.54) is 12.1 Å². The molecule has 0 spiro atoms. The average molecular weight is 309 g/mol. The van der Waals surface area contributed by atoms with Crippen LogP contribution in [0.4, 0.5) is 4.39 Å². The van der Waals surface area contributed by atoms with E-state index >= 15 is 0 Å². The lowest BCUT2D eigenvalue weighted by Gasteiger charge is -2.17. The molecular weight excluding hydrogens is 291 g/mol. The monoisotopic (exact) mass is 308 g/mol. The van der Waals surface area contributed by atoms with Gasteiger partial charge in [-0.3, -0.25) is 11.3 Å². The lowest BCUT2D eigenvalue weighted by molar-refractivity contribution is 0.413. The molecule has 0 saturated carbocycles. The minimum atomic E-state index is -0.299. The fourth-order valence-electron chi connectivity index (χ4n) is 2.24. The van der Waals surface area contributed by atoms with E-state index < -0.39 is 0 Å². The molecule has 5 heteroatoms. The molecule has 2 aromatic rings. The Kier molecular flexibility index (Phi) is 5.56. The van der Waals surface area contributed by atoms with E-state index in [4.69, 9.17) is 22.2 Å². The topological polar surface area (TPSA) is 47.3 Å². The zero-order chi connectivity index (χ0) is 15.2. The van der Waals surface area contributed by atoms with Gasteiger partial charge in [0.25, 0.3) is 0 Å². The van der Waals surface area contributed by atoms with Gasteiger partial charge in [-0.05, 0) is 54.3 Å². The molecule has 0 fully saturated rings. The fraction of sp³-hybridized carbons (Fsp3) is 0.250. The highest BCUT2D eigenvalue weighted by atomic mass is 35.5. The maximum absolute atomic E-state index is 13.3. The zero-order valence-corrected chi connectivity index (χ0v) is 12.5. The first kappa shape index (κ1) is 15.8. The summed E-state index contributed by atoms with van der Waals surface area (Å²) in [6.07, 6.45) is 1.24. The molecule has 0 radical (unpaired) electrons. The van der Waals surface area contributed by atoms with Gasteiger partial charge in [0.1, 0.15) is 11.6 Å². The molecule has 0 saturated heterocycles. The Morgan fingerprint density at radius 2 is 2.05 bits per heavy atom. The standard InChI is InChI=1S/C16H18ClFN2O/c1-21-15-4-2-3-11(8-15)7-14(20-19)10-12-9-13(18)5-6-16(12)17/h2-6,8-9,14,20H,7,10,19H2,1H3. The van der Waals surface area contributed by atoms with Crippen molar-refractivity contribution in [1.29, 1.82) is 0 Å². The van der Waals surface area contributed by atoms with Crippen LogP contribution in [-0.2, 0) is 12.8 Å². The number of rotatable bonds is 6. The second kappa shape index (κ2) is 7.41. The van der Waals surface area contributed by atoms with Crippen LogP contribution >= 0.6 is 11.6 Å². The lowest BCUT2D eigenvalue weighted by atomic mass is 9.99. The minimum Gasteiger partial charge on any atom is -0.497 e. The summed E-state index contributed by atoms with van der Waals surface area (Å²) in [7, 11) is 1.63. The third kappa shape index (κ3) is 4.43. The van der Waals surface area contributed by atoms with Gasteiger partial charge in [-0.1, -0.05) is 23.7 Å². The molecule has 0 heterocycles. The van der Waals surface area contributed by atoms with Crippen molar-refractivity contribution in [2.24, 2.45) is 5.84 Å². The predicted molar refractivity (Wildman–Crippen MR) is 82.9 cm³/mol. The second-order valence-electron chi connectivity index (χ2n) is 4.86. The largest absolute Gasteiger partial charge is 0.497 e. The van der Waals surface area contributed by atoms with Crippen molar-refractivity contribution in [2.75, 3.05) is 7.11 Å². The van der Waals surface area contributed by atoms with Gasteiger partial charge in [0.2, 0.25) is 0 Å². The van der Waals surface area contributed by atoms with Crippen molar-refractivity contribution in [3.63, 3.8) is 0 Å². The second-order valence-corrected chi connectivity index (χ2v) is 5.27. The Labute approximate surface area is 128 Å². The number of nitrogens with two attached hydrogens (primary N) is 1. The van der Waals surface area contributed by atoms with Crippen LogP contribution in [0.5, 0.6) is 5.75 Å². The SMILES string of the molecule is COc1cccc(CC(Cc2cc(F)ccc2Cl)NN)c1. The highest BCUT2D eigenvalue weighted by Gasteiger charge is 2.12. The number of hydrogen-bond donors (Lipinski definition) is 2. The van der Waals surface area contributed by atoms with E-state index in [1.807, 2.05) is 24.3 Å². The summed E-state index contributed by atoms with van der Waals surface area (Å²) in [4.78, 5) is 0. The normalized spacial score (nSPS) is 12.2. The maximum Gasteiger partial charge on any atom is 0.123 e. The first-order valence-electron chi connectivity index (χ1n) is 6.65. The Bertz CT molecular complexity index is 607. The van der Waals surface area contributed by atoms with Crippen molar-refractivity contribution >= 4 is 11.6 Å². The Hall–Kier alpha value is -1.62. The van der Waals surface area contributed by atoms with E-state index in [1.54, 1.807) is 13.2 Å². The van der Waals surface area contributed by atoms with Crippen LogP contribution < -0.4 is 16.0 Å². The number of halogens is 2. The van der Waals surface area contributed by atoms with Crippen LogP contribution in [0.1, 0.15) is 11.1 Å². The van der Waals surface area contributed by atoms with E-state index in [0.29, 0.717) is 17.9 Å². The smallest absolute Gasteiger partial charge is 0.123 e. The molecule has 0 aromatic heterocycles. The number of hydrogen-bond acceptors (Lipinski definition) is 3. The molecule has 2 rings (SSSR count). The molecule has 0 aliphatic rings.